The van der Waals surface area contributed by atoms with Crippen LogP contribution < -0.4 is 0 Å². The predicted molar refractivity (Wildman–Crippen MR) is 382 cm³/mol. The summed E-state index contributed by atoms with van der Waals surface area (Å²) in [6.07, 6.45) is 43.4. The Hall–Kier alpha value is -8.09. The van der Waals surface area contributed by atoms with E-state index in [0.29, 0.717) is 0 Å². The summed E-state index contributed by atoms with van der Waals surface area (Å²) in [7, 11) is 5.98. The molecule has 0 bridgehead atoms. The summed E-state index contributed by atoms with van der Waals surface area (Å²) in [5.41, 5.74) is 20.8. The second-order valence-electron chi connectivity index (χ2n) is 19.8. The first-order valence-electron chi connectivity index (χ1n) is 31.1. The van der Waals surface area contributed by atoms with Crippen molar-refractivity contribution in [2.24, 2.45) is 31.1 Å². The Bertz CT molecular complexity index is 3040. The van der Waals surface area contributed by atoms with Gasteiger partial charge in [-0.1, -0.05) is 241 Å². The van der Waals surface area contributed by atoms with Gasteiger partial charge in [0.15, 0.2) is 0 Å². The van der Waals surface area contributed by atoms with Gasteiger partial charge >= 0.3 is 0 Å². The van der Waals surface area contributed by atoms with Crippen molar-refractivity contribution >= 4 is 41.2 Å². The smallest absolute Gasteiger partial charge is 0.0661 e. The third kappa shape index (κ3) is 30.3. The monoisotopic (exact) mass is 1140 g/mol. The molecule has 5 aliphatic carbocycles. The number of aromatic nitrogens is 4. The van der Waals surface area contributed by atoms with Gasteiger partial charge in [-0.25, -0.2) is 0 Å². The standard InChI is InChI=1S/C9H9N.2C9H8.C8H7N.3C7H10.C6H9N.C5H7N.C4H6N2.4C2H6/c1-10-7-6-8-4-2-3-5-9(8)10;2*1-2-5-9-7-3-6-8(9)4-1;1-2-4-8-7(3-1)5-6-9-8;4*1-6-4-3-5-7(6)2;1-5-3-2-4-6-5;1-6-4-2-3-5-6;4*1-2/h2-7H,1H3;2*1-6H,7H2;1-4,6H,5H2;3*3-4H,5H2,1-2H3;3-5H,1-2H3;3-4H,2H2,1H3;2-4H,1H3;4*1-2H3. The maximum absolute atomic E-state index is 4.17. The fourth-order valence-corrected chi connectivity index (χ4v) is 8.18. The van der Waals surface area contributed by atoms with Crippen molar-refractivity contribution in [1.82, 2.24) is 18.9 Å². The molecule has 0 amide bonds. The molecule has 4 aromatic carbocycles. The Labute approximate surface area is 517 Å². The van der Waals surface area contributed by atoms with Crippen LogP contribution in [-0.4, -0.2) is 31.3 Å². The van der Waals surface area contributed by atoms with Gasteiger partial charge in [-0.05, 0) is 157 Å². The second kappa shape index (κ2) is 46.3. The molecule has 0 saturated heterocycles. The fourth-order valence-electron chi connectivity index (χ4n) is 8.18. The van der Waals surface area contributed by atoms with Gasteiger partial charge < -0.3 is 9.13 Å². The van der Waals surface area contributed by atoms with Crippen LogP contribution >= 0.6 is 0 Å². The number of nitrogens with zero attached hydrogens (tertiary/aromatic N) is 6. The first-order valence-corrected chi connectivity index (χ1v) is 31.1. The summed E-state index contributed by atoms with van der Waals surface area (Å²) in [5.74, 6) is 0. The SMILES string of the molecule is C1=Cc2ccccc2C1.C1=Cc2ccccc2C1.C1=Nc2ccccc2C1.CC.CC.CC.CC.CC1=C(C)CC=C1.CC1=C(C)CC=C1.CC1=C(C)CC=C1.CC1=CCC=N1.Cc1cccn1C.Cn1ccc2ccccc21.Cn1cccn1. The number of hydrogen-bond donors (Lipinski definition) is 0. The van der Waals surface area contributed by atoms with Crippen molar-refractivity contribution in [1.29, 1.82) is 0 Å². The van der Waals surface area contributed by atoms with Gasteiger partial charge in [0.2, 0.25) is 0 Å². The van der Waals surface area contributed by atoms with E-state index in [4.69, 9.17) is 0 Å². The molecule has 3 aromatic heterocycles. The van der Waals surface area contributed by atoms with Crippen molar-refractivity contribution in [3.05, 3.63) is 273 Å². The second-order valence-corrected chi connectivity index (χ2v) is 19.8. The largest absolute Gasteiger partial charge is 0.355 e. The molecule has 0 atom stereocenters. The Morgan fingerprint density at radius 3 is 1.16 bits per heavy atom. The highest BCUT2D eigenvalue weighted by atomic mass is 15.2. The molecule has 6 heteroatoms. The lowest BCUT2D eigenvalue weighted by atomic mass is 10.1. The minimum absolute atomic E-state index is 1.01. The molecule has 6 nitrogen and oxygen atoms in total. The molecule has 5 heterocycles. The van der Waals surface area contributed by atoms with Crippen LogP contribution in [0, 0.1) is 6.92 Å². The van der Waals surface area contributed by atoms with E-state index in [1.807, 2.05) is 132 Å². The Balaban J connectivity index is 0.000000468. The minimum atomic E-state index is 1.01. The summed E-state index contributed by atoms with van der Waals surface area (Å²) >= 11 is 0. The van der Waals surface area contributed by atoms with Crippen molar-refractivity contribution in [2.75, 3.05) is 0 Å². The molecule has 0 unspecified atom stereocenters. The molecule has 0 spiro atoms. The number of para-hydroxylation sites is 2. The number of aryl methyl sites for hydroxylation is 4. The van der Waals surface area contributed by atoms with E-state index in [1.54, 1.807) is 10.9 Å². The van der Waals surface area contributed by atoms with Crippen molar-refractivity contribution in [2.45, 2.75) is 156 Å². The Morgan fingerprint density at radius 1 is 0.376 bits per heavy atom. The molecule has 14 rings (SSSR count). The van der Waals surface area contributed by atoms with E-state index in [9.17, 15) is 0 Å². The zero-order valence-corrected chi connectivity index (χ0v) is 56.0. The van der Waals surface area contributed by atoms with Crippen LogP contribution in [0.15, 0.2) is 250 Å². The topological polar surface area (TPSA) is 52.4 Å². The van der Waals surface area contributed by atoms with Crippen LogP contribution in [0.1, 0.15) is 163 Å². The zero-order valence-electron chi connectivity index (χ0n) is 56.0. The number of allylic oxidation sites excluding steroid dienone is 16. The molecule has 0 saturated carbocycles. The lowest BCUT2D eigenvalue weighted by Gasteiger charge is -1.93. The molecular formula is C79H108N6. The minimum Gasteiger partial charge on any atom is -0.355 e. The van der Waals surface area contributed by atoms with Gasteiger partial charge in [0.1, 0.15) is 0 Å². The van der Waals surface area contributed by atoms with Crippen molar-refractivity contribution in [3.8, 4) is 0 Å². The van der Waals surface area contributed by atoms with Gasteiger partial charge in [0.25, 0.3) is 0 Å². The normalized spacial score (nSPS) is 13.3. The molecule has 0 N–H and O–H groups in total. The maximum Gasteiger partial charge on any atom is 0.0661 e. The van der Waals surface area contributed by atoms with Gasteiger partial charge in [-0.15, -0.1) is 0 Å². The Kier molecular flexibility index (Phi) is 40.8. The van der Waals surface area contributed by atoms with Crippen LogP contribution in [0.3, 0.4) is 0 Å². The molecule has 0 fully saturated rings. The average Bonchev–Trinajstić information content (AvgIpc) is 4.59. The number of rotatable bonds is 0. The highest BCUT2D eigenvalue weighted by molar-refractivity contribution is 5.79. The third-order valence-corrected chi connectivity index (χ3v) is 13.8. The third-order valence-electron chi connectivity index (χ3n) is 13.8. The van der Waals surface area contributed by atoms with Crippen LogP contribution in [0.4, 0.5) is 5.69 Å². The highest BCUT2D eigenvalue weighted by Gasteiger charge is 2.03. The quantitative estimate of drug-likeness (QED) is 0.149. The van der Waals surface area contributed by atoms with Gasteiger partial charge in [-0.3, -0.25) is 14.7 Å². The van der Waals surface area contributed by atoms with Crippen molar-refractivity contribution in [3.63, 3.8) is 0 Å². The number of fused-ring (bicyclic) bond motifs is 4. The summed E-state index contributed by atoms with van der Waals surface area (Å²) < 4.78 is 5.95. The van der Waals surface area contributed by atoms with Gasteiger partial charge in [0, 0.05) is 88.1 Å². The van der Waals surface area contributed by atoms with Gasteiger partial charge in [0.05, 0.1) is 5.69 Å². The van der Waals surface area contributed by atoms with Crippen LogP contribution in [0.25, 0.3) is 23.1 Å². The fraction of sp³-hybridized carbons (Fsp3) is 0.329. The molecule has 7 aromatic rings. The molecule has 7 aliphatic rings. The summed E-state index contributed by atoms with van der Waals surface area (Å²) in [5, 5.41) is 5.14. The van der Waals surface area contributed by atoms with Crippen molar-refractivity contribution < 1.29 is 0 Å². The van der Waals surface area contributed by atoms with E-state index >= 15 is 0 Å². The Morgan fingerprint density at radius 2 is 0.847 bits per heavy atom. The van der Waals surface area contributed by atoms with Crippen LogP contribution in [-0.2, 0) is 40.4 Å². The van der Waals surface area contributed by atoms with E-state index in [0.717, 1.165) is 37.1 Å². The lowest BCUT2D eigenvalue weighted by molar-refractivity contribution is 0.768. The first kappa shape index (κ1) is 74.9. The van der Waals surface area contributed by atoms with E-state index in [-0.39, 0.29) is 0 Å². The zero-order chi connectivity index (χ0) is 63.2. The van der Waals surface area contributed by atoms with Crippen LogP contribution in [0.5, 0.6) is 0 Å². The van der Waals surface area contributed by atoms with E-state index < -0.39 is 0 Å². The highest BCUT2D eigenvalue weighted by Crippen LogP contribution is 2.23. The first-order chi connectivity index (χ1) is 41.3. The average molecular weight is 1140 g/mol. The lowest BCUT2D eigenvalue weighted by Crippen LogP contribution is -1.84. The molecule has 0 radical (unpaired) electrons. The summed E-state index contributed by atoms with van der Waals surface area (Å²) in [6.45, 7) is 33.1. The number of benzene rings is 4. The predicted octanol–water partition coefficient (Wildman–Crippen LogP) is 22.7. The van der Waals surface area contributed by atoms with E-state index in [2.05, 4.69) is 244 Å². The molecular weight excluding hydrogens is 1030 g/mol. The molecule has 454 valence electrons. The number of aliphatic imine (C=N–C) groups is 2. The maximum atomic E-state index is 4.17. The molecule has 2 aliphatic heterocycles. The van der Waals surface area contributed by atoms with Gasteiger partial charge in [-0.2, -0.15) is 5.10 Å². The summed E-state index contributed by atoms with van der Waals surface area (Å²) in [6, 6.07) is 41.7. The molecule has 85 heavy (non-hydrogen) atoms. The van der Waals surface area contributed by atoms with Crippen LogP contribution in [0.2, 0.25) is 0 Å². The summed E-state index contributed by atoms with van der Waals surface area (Å²) in [4.78, 5) is 8.15. The number of hydrogen-bond acceptors (Lipinski definition) is 3. The van der Waals surface area contributed by atoms with E-state index in [1.165, 1.54) is 97.1 Å².